The molecule has 0 saturated heterocycles. The number of fused-ring (bicyclic) bond motifs is 12. The predicted octanol–water partition coefficient (Wildman–Crippen LogP) is 17.5. The average molecular weight is 2530 g/mol. The van der Waals surface area contributed by atoms with E-state index >= 15 is 0 Å². The van der Waals surface area contributed by atoms with Gasteiger partial charge in [0.2, 0.25) is 0 Å². The molecule has 15 heterocycles. The van der Waals surface area contributed by atoms with Gasteiger partial charge in [-0.25, -0.2) is 122 Å². The van der Waals surface area contributed by atoms with Crippen LogP contribution < -0.4 is 61.3 Å². The zero-order valence-corrected chi connectivity index (χ0v) is 81.9. The molecular formula is C102H69N29O3Pt4-12. The minimum absolute atomic E-state index is 0. The van der Waals surface area contributed by atoms with Crippen molar-refractivity contribution in [3.05, 3.63) is 371 Å². The summed E-state index contributed by atoms with van der Waals surface area (Å²) in [5, 5.41) is 35.2. The third-order valence-corrected chi connectivity index (χ3v) is 21.5. The van der Waals surface area contributed by atoms with Crippen LogP contribution in [0.25, 0.3) is 111 Å². The molecule has 25 rings (SSSR count). The third kappa shape index (κ3) is 19.0. The maximum Gasteiger partial charge on any atom is 0.150 e. The van der Waals surface area contributed by atoms with Gasteiger partial charge in [-0.1, -0.05) is 111 Å². The van der Waals surface area contributed by atoms with E-state index in [4.69, 9.17) is 14.2 Å². The molecule has 0 amide bonds. The minimum atomic E-state index is 0. The first-order valence-electron chi connectivity index (χ1n) is 42.0. The van der Waals surface area contributed by atoms with Gasteiger partial charge < -0.3 is 57.4 Å². The van der Waals surface area contributed by atoms with Gasteiger partial charge in [-0.15, -0.1) is 83.6 Å². The summed E-state index contributed by atoms with van der Waals surface area (Å²) in [5.41, 5.74) is 26.5. The van der Waals surface area contributed by atoms with Crippen molar-refractivity contribution < 1.29 is 98.5 Å². The number of hydrazine groups is 8. The predicted molar refractivity (Wildman–Crippen MR) is 514 cm³/mol. The SMILES string of the molecule is CN1N=[C-]N(c2[c-]c(N(c3[c-]c4c(cc3)c3ccccc3n4-c3ccccn3)c3ccccc3)ccc2)N1.CN1N=[C-]N(c2[c-]c(Oc3[c-]c4c(cc3)c3cccnc3n4-c3ccccn3)ccc2)N1.CN1N=[C-]N(c2[c-]c(Oc3[c-]c4c(cc3)c3ncccc3n4-c3ccccn3)ccc2)N1.CN1N=[C-]N(c2[c-]c(Oc3[c-]c4c(cc3)c3nccnc3n4-c3ccccn3)ccc2)N1.[Pt].[Pt].[Pt].[Pt]. The Bertz CT molecular complexity index is 7530. The Morgan fingerprint density at radius 3 is 1.11 bits per heavy atom. The molecule has 138 heavy (non-hydrogen) atoms. The van der Waals surface area contributed by atoms with Crippen LogP contribution in [0, 0.1) is 48.5 Å². The summed E-state index contributed by atoms with van der Waals surface area (Å²) >= 11 is 0. The fraction of sp³-hybridized carbons (Fsp3) is 0.0392. The van der Waals surface area contributed by atoms with Gasteiger partial charge in [0.1, 0.15) is 28.9 Å². The summed E-state index contributed by atoms with van der Waals surface area (Å²) in [7, 11) is 7.17. The Labute approximate surface area is 847 Å². The van der Waals surface area contributed by atoms with Crippen LogP contribution in [-0.2, 0) is 84.3 Å². The first-order valence-corrected chi connectivity index (χ1v) is 42.0. The fourth-order valence-electron chi connectivity index (χ4n) is 15.7. The molecule has 10 aromatic carbocycles. The minimum Gasteiger partial charge on any atom is -0.511 e. The number of rotatable bonds is 17. The van der Waals surface area contributed by atoms with Gasteiger partial charge in [-0.2, -0.15) is 70.7 Å². The largest absolute Gasteiger partial charge is 0.511 e. The van der Waals surface area contributed by atoms with Crippen molar-refractivity contribution >= 4 is 153 Å². The number of benzene rings is 10. The Morgan fingerprint density at radius 1 is 0.246 bits per heavy atom. The topological polar surface area (TPSA) is 277 Å². The Kier molecular flexibility index (Phi) is 27.7. The zero-order chi connectivity index (χ0) is 90.0. The van der Waals surface area contributed by atoms with Gasteiger partial charge in [-0.05, 0) is 138 Å². The monoisotopic (exact) mass is 2530 g/mol. The number of hydrogen-bond acceptors (Lipinski definition) is 28. The Morgan fingerprint density at radius 2 is 0.601 bits per heavy atom. The molecule has 0 atom stereocenters. The summed E-state index contributed by atoms with van der Waals surface area (Å²) < 4.78 is 26.4. The van der Waals surface area contributed by atoms with E-state index in [0.717, 1.165) is 139 Å². The standard InChI is InChI=1S/C31H22N7.2C24H16N7O.C23H15N8O.4Pt/c1-35-33-22-36(34-35)24-12-9-13-25(20-24)37(23-10-3-2-4-11-23)26-17-18-28-27-14-5-6-15-29(27)38(30(28)21-26)31-16-7-8-19-32-31;1-29-27-16-30(28-29)17-6-4-7-18(14-17)32-19-10-11-20-22(15-19)31(23-9-2-3-12-25-23)21-8-5-13-26-24(20)21;1-29-27-16-30(28-29)17-6-4-7-18(14-17)32-19-10-11-20-21-8-5-13-26-24(21)31(22(20)15-19)23-9-2-3-12-25-23;1-29-27-15-30(28-29)16-5-4-6-17(13-16)32-18-8-9-19-20(14-18)31(21-7-2-3-10-24-21)23-22(19)25-11-12-26-23;;;;/h2-19,34H,1H3;2*2-13,28H,1H3;2-12,28H,1H3;;;;/q4*-3;;;;. The van der Waals surface area contributed by atoms with E-state index in [9.17, 15) is 0 Å². The zero-order valence-electron chi connectivity index (χ0n) is 72.8. The van der Waals surface area contributed by atoms with Gasteiger partial charge >= 0.3 is 0 Å². The van der Waals surface area contributed by atoms with Crippen molar-refractivity contribution in [2.75, 3.05) is 53.1 Å². The maximum absolute atomic E-state index is 6.11. The number of para-hydroxylation sites is 2. The van der Waals surface area contributed by atoms with Gasteiger partial charge in [-0.3, -0.25) is 30.4 Å². The number of nitrogens with zero attached hydrogens (tertiary/aromatic N) is 25. The van der Waals surface area contributed by atoms with Crippen LogP contribution in [0.4, 0.5) is 39.8 Å². The van der Waals surface area contributed by atoms with Gasteiger partial charge in [0.05, 0.1) is 11.0 Å². The first kappa shape index (κ1) is 92.7. The van der Waals surface area contributed by atoms with E-state index in [1.54, 1.807) is 105 Å². The molecule has 0 aliphatic carbocycles. The number of nitrogens with one attached hydrogen (secondary N) is 4. The van der Waals surface area contributed by atoms with Crippen molar-refractivity contribution in [2.24, 2.45) is 20.4 Å². The van der Waals surface area contributed by atoms with Crippen LogP contribution in [0.2, 0.25) is 0 Å². The van der Waals surface area contributed by atoms with E-state index < -0.39 is 0 Å². The Balaban J connectivity index is 0.000000121. The van der Waals surface area contributed by atoms with Crippen LogP contribution >= 0.6 is 0 Å². The van der Waals surface area contributed by atoms with Crippen molar-refractivity contribution in [1.82, 2.24) is 101 Å². The molecule has 4 aliphatic heterocycles. The Hall–Kier alpha value is -15.7. The molecule has 21 aromatic rings. The molecule has 0 bridgehead atoms. The quantitative estimate of drug-likeness (QED) is 0.0617. The molecule has 32 nitrogen and oxygen atoms in total. The fourth-order valence-corrected chi connectivity index (χ4v) is 15.7. The van der Waals surface area contributed by atoms with Crippen molar-refractivity contribution in [1.29, 1.82) is 0 Å². The average Bonchev–Trinajstić information content (AvgIpc) is 1.62. The number of hydrazone groups is 4. The molecule has 11 aromatic heterocycles. The molecule has 36 heteroatoms. The summed E-state index contributed by atoms with van der Waals surface area (Å²) in [6.45, 7) is 0. The maximum atomic E-state index is 6.11. The summed E-state index contributed by atoms with van der Waals surface area (Å²) in [6.07, 6.45) is 25.5. The van der Waals surface area contributed by atoms with E-state index in [1.807, 2.05) is 251 Å². The molecule has 4 aliphatic rings. The normalized spacial score (nSPS) is 12.9. The van der Waals surface area contributed by atoms with Crippen LogP contribution in [0.1, 0.15) is 0 Å². The van der Waals surface area contributed by atoms with Crippen LogP contribution in [0.15, 0.2) is 343 Å². The number of hydrogen-bond donors (Lipinski definition) is 4. The molecule has 0 spiro atoms. The summed E-state index contributed by atoms with van der Waals surface area (Å²) in [5.74, 6) is 6.45. The van der Waals surface area contributed by atoms with Crippen molar-refractivity contribution in [2.45, 2.75) is 0 Å². The number of pyridine rings is 6. The van der Waals surface area contributed by atoms with Crippen molar-refractivity contribution in [3.8, 4) is 57.8 Å². The number of aromatic nitrogens is 12. The summed E-state index contributed by atoms with van der Waals surface area (Å²) in [6, 6.07) is 116. The number of ether oxygens (including phenoxy) is 3. The van der Waals surface area contributed by atoms with Gasteiger partial charge in [0.15, 0.2) is 5.65 Å². The molecule has 0 fully saturated rings. The molecule has 0 unspecified atom stereocenters. The van der Waals surface area contributed by atoms with E-state index in [2.05, 4.69) is 214 Å². The van der Waals surface area contributed by atoms with Crippen LogP contribution in [0.3, 0.4) is 0 Å². The molecule has 0 saturated carbocycles. The smallest absolute Gasteiger partial charge is 0.150 e. The van der Waals surface area contributed by atoms with E-state index in [1.165, 1.54) is 0 Å². The van der Waals surface area contributed by atoms with Crippen molar-refractivity contribution in [3.63, 3.8) is 0 Å². The third-order valence-electron chi connectivity index (χ3n) is 21.5. The first-order chi connectivity index (χ1) is 66.0. The molecular weight excluding hydrogens is 2460 g/mol. The second-order valence-electron chi connectivity index (χ2n) is 30.2. The van der Waals surface area contributed by atoms with Crippen LogP contribution in [0.5, 0.6) is 34.5 Å². The van der Waals surface area contributed by atoms with Gasteiger partial charge in [0.25, 0.3) is 0 Å². The molecule has 4 N–H and O–H groups in total. The molecule has 692 valence electrons. The van der Waals surface area contributed by atoms with E-state index in [0.29, 0.717) is 45.8 Å². The second-order valence-corrected chi connectivity index (χ2v) is 30.2. The van der Waals surface area contributed by atoms with Crippen LogP contribution in [-0.4, -0.2) is 132 Å². The van der Waals surface area contributed by atoms with Gasteiger partial charge in [0, 0.05) is 196 Å². The molecule has 0 radical (unpaired) electrons. The number of anilines is 7. The van der Waals surface area contributed by atoms with E-state index in [-0.39, 0.29) is 84.3 Å². The summed E-state index contributed by atoms with van der Waals surface area (Å²) in [4.78, 5) is 38.6. The second kappa shape index (κ2) is 41.2.